The molecule has 0 aromatic carbocycles. The van der Waals surface area contributed by atoms with Crippen molar-refractivity contribution >= 4 is 11.6 Å². The van der Waals surface area contributed by atoms with Gasteiger partial charge in [0.15, 0.2) is 11.6 Å². The van der Waals surface area contributed by atoms with Crippen LogP contribution in [0.4, 0.5) is 0 Å². The smallest absolute Gasteiger partial charge is 0.152 e. The Morgan fingerprint density at radius 3 is 0.962 bits per heavy atom. The summed E-state index contributed by atoms with van der Waals surface area (Å²) in [6, 6.07) is 0.866. The first-order chi connectivity index (χ1) is 12.0. The molecule has 0 aliphatic carbocycles. The van der Waals surface area contributed by atoms with Gasteiger partial charge in [-0.25, -0.2) is 0 Å². The number of nitrogens with one attached hydrogen (secondary N) is 2. The second-order valence-electron chi connectivity index (χ2n) is 7.68. The third-order valence-electron chi connectivity index (χ3n) is 3.71. The molecule has 2 N–H and O–H groups in total. The van der Waals surface area contributed by atoms with Crippen molar-refractivity contribution < 1.29 is 9.59 Å². The second-order valence-corrected chi connectivity index (χ2v) is 7.68. The van der Waals surface area contributed by atoms with Crippen LogP contribution in [0.15, 0.2) is 0 Å². The summed E-state index contributed by atoms with van der Waals surface area (Å²) in [5.74, 6) is 0.930. The fourth-order valence-electron chi connectivity index (χ4n) is 2.41. The number of Topliss-reactive ketones (excluding diaryl/α,β-unsaturated/α-hetero) is 2. The molecule has 26 heavy (non-hydrogen) atoms. The van der Waals surface area contributed by atoms with Crippen molar-refractivity contribution in [1.82, 2.24) is 10.6 Å². The number of hydrogen-bond donors (Lipinski definition) is 2. The number of rotatable bonds is 10. The molecule has 4 nitrogen and oxygen atoms in total. The first-order valence-corrected chi connectivity index (χ1v) is 10.6. The highest BCUT2D eigenvalue weighted by Crippen LogP contribution is 2.04. The molecule has 0 heterocycles. The zero-order chi connectivity index (χ0) is 21.4. The van der Waals surface area contributed by atoms with Crippen molar-refractivity contribution in [3.63, 3.8) is 0 Å². The summed E-state index contributed by atoms with van der Waals surface area (Å²) in [6.07, 6.45) is 1.77. The molecule has 0 spiro atoms. The third-order valence-corrected chi connectivity index (χ3v) is 3.71. The van der Waals surface area contributed by atoms with E-state index in [9.17, 15) is 9.59 Å². The van der Waals surface area contributed by atoms with E-state index in [1.54, 1.807) is 0 Å². The van der Waals surface area contributed by atoms with E-state index in [4.69, 9.17) is 0 Å². The molecule has 0 rings (SSSR count). The fraction of sp³-hybridized carbons (Fsp3) is 0.909. The summed E-state index contributed by atoms with van der Waals surface area (Å²) < 4.78 is 0. The van der Waals surface area contributed by atoms with Gasteiger partial charge in [-0.1, -0.05) is 83.1 Å². The van der Waals surface area contributed by atoms with Crippen molar-refractivity contribution in [2.24, 2.45) is 11.8 Å². The quantitative estimate of drug-likeness (QED) is 0.566. The highest BCUT2D eigenvalue weighted by atomic mass is 16.1. The van der Waals surface area contributed by atoms with E-state index in [0.717, 1.165) is 12.8 Å². The normalized spacial score (nSPS) is 13.1. The van der Waals surface area contributed by atoms with Crippen LogP contribution >= 0.6 is 0 Å². The largest absolute Gasteiger partial charge is 0.305 e. The zero-order valence-electron chi connectivity index (χ0n) is 19.7. The maximum atomic E-state index is 11.5. The van der Waals surface area contributed by atoms with E-state index < -0.39 is 0 Å². The maximum Gasteiger partial charge on any atom is 0.152 e. The lowest BCUT2D eigenvalue weighted by Crippen LogP contribution is -2.42. The monoisotopic (exact) mass is 372 g/mol. The van der Waals surface area contributed by atoms with Gasteiger partial charge in [-0.2, -0.15) is 0 Å². The highest BCUT2D eigenvalue weighted by molar-refractivity contribution is 5.86. The number of carbonyl (C=O) groups is 2. The first kappa shape index (κ1) is 30.0. The molecular weight excluding hydrogens is 324 g/mol. The second kappa shape index (κ2) is 17.7. The van der Waals surface area contributed by atoms with Crippen LogP contribution in [0, 0.1) is 11.8 Å². The molecule has 0 amide bonds. The highest BCUT2D eigenvalue weighted by Gasteiger charge is 2.20. The van der Waals surface area contributed by atoms with Crippen LogP contribution in [0.25, 0.3) is 0 Å². The lowest BCUT2D eigenvalue weighted by Gasteiger charge is -2.20. The molecule has 0 aromatic heterocycles. The average Bonchev–Trinajstić information content (AvgIpc) is 2.58. The Bertz CT molecular complexity index is 316. The summed E-state index contributed by atoms with van der Waals surface area (Å²) in [6.45, 7) is 24.2. The van der Waals surface area contributed by atoms with Gasteiger partial charge in [0.2, 0.25) is 0 Å². The Morgan fingerprint density at radius 1 is 0.615 bits per heavy atom. The van der Waals surface area contributed by atoms with Crippen LogP contribution in [0.5, 0.6) is 0 Å². The summed E-state index contributed by atoms with van der Waals surface area (Å²) >= 11 is 0. The van der Waals surface area contributed by atoms with E-state index in [1.165, 1.54) is 0 Å². The first-order valence-electron chi connectivity index (χ1n) is 10.6. The van der Waals surface area contributed by atoms with Crippen LogP contribution < -0.4 is 10.6 Å². The summed E-state index contributed by atoms with van der Waals surface area (Å²) in [4.78, 5) is 23.1. The van der Waals surface area contributed by atoms with Crippen molar-refractivity contribution in [2.75, 3.05) is 0 Å². The lowest BCUT2D eigenvalue weighted by molar-refractivity contribution is -0.124. The summed E-state index contributed by atoms with van der Waals surface area (Å²) in [5.41, 5.74) is 0. The van der Waals surface area contributed by atoms with Gasteiger partial charge in [0.1, 0.15) is 0 Å². The summed E-state index contributed by atoms with van der Waals surface area (Å²) in [7, 11) is 0. The van der Waals surface area contributed by atoms with E-state index in [0.29, 0.717) is 23.7 Å². The lowest BCUT2D eigenvalue weighted by atomic mass is 9.99. The Kier molecular flexibility index (Phi) is 20.4. The van der Waals surface area contributed by atoms with E-state index in [-0.39, 0.29) is 23.9 Å². The third kappa shape index (κ3) is 15.5. The van der Waals surface area contributed by atoms with E-state index in [2.05, 4.69) is 38.3 Å². The van der Waals surface area contributed by atoms with Gasteiger partial charge in [-0.05, 0) is 12.8 Å². The molecule has 0 radical (unpaired) electrons. The Labute approximate surface area is 164 Å². The topological polar surface area (TPSA) is 58.2 Å². The van der Waals surface area contributed by atoms with Crippen molar-refractivity contribution in [1.29, 1.82) is 0 Å². The van der Waals surface area contributed by atoms with E-state index in [1.807, 2.05) is 55.4 Å². The molecule has 0 fully saturated rings. The Morgan fingerprint density at radius 2 is 0.846 bits per heavy atom. The molecule has 0 saturated carbocycles. The van der Waals surface area contributed by atoms with Gasteiger partial charge in [-0.15, -0.1) is 0 Å². The molecule has 0 aromatic rings. The Hall–Kier alpha value is -0.740. The molecule has 2 unspecified atom stereocenters. The van der Waals surface area contributed by atoms with Crippen molar-refractivity contribution in [2.45, 2.75) is 120 Å². The molecule has 0 saturated heterocycles. The molecule has 0 aliphatic heterocycles. The van der Waals surface area contributed by atoms with Gasteiger partial charge in [0, 0.05) is 23.9 Å². The predicted octanol–water partition coefficient (Wildman–Crippen LogP) is 5.00. The van der Waals surface area contributed by atoms with Gasteiger partial charge in [0.25, 0.3) is 0 Å². The SMILES string of the molecule is CC.CCC(NC(C)C)C(=O)C(C)C.CCC(NC(C)C)C(=O)C(C)C. The van der Waals surface area contributed by atoms with E-state index >= 15 is 0 Å². The minimum absolute atomic E-state index is 0.0463. The van der Waals surface area contributed by atoms with Crippen LogP contribution in [-0.4, -0.2) is 35.7 Å². The van der Waals surface area contributed by atoms with Crippen LogP contribution in [0.1, 0.15) is 95.9 Å². The van der Waals surface area contributed by atoms with Gasteiger partial charge < -0.3 is 10.6 Å². The maximum absolute atomic E-state index is 11.5. The number of carbonyl (C=O) groups excluding carboxylic acids is 2. The number of ketones is 2. The minimum Gasteiger partial charge on any atom is -0.305 e. The van der Waals surface area contributed by atoms with Crippen molar-refractivity contribution in [3.05, 3.63) is 0 Å². The van der Waals surface area contributed by atoms with Crippen LogP contribution in [-0.2, 0) is 9.59 Å². The fourth-order valence-corrected chi connectivity index (χ4v) is 2.41. The predicted molar refractivity (Wildman–Crippen MR) is 116 cm³/mol. The average molecular weight is 373 g/mol. The molecule has 158 valence electrons. The van der Waals surface area contributed by atoms with Gasteiger partial charge in [0.05, 0.1) is 12.1 Å². The standard InChI is InChI=1S/2C10H21NO.C2H6/c2*1-6-9(11-8(4)5)10(12)7(2)3;1-2/h2*7-9,11H,6H2,1-5H3;1-2H3. The Balaban J connectivity index is -0.000000371. The van der Waals surface area contributed by atoms with Gasteiger partial charge >= 0.3 is 0 Å². The van der Waals surface area contributed by atoms with Crippen LogP contribution in [0.3, 0.4) is 0 Å². The van der Waals surface area contributed by atoms with Crippen LogP contribution in [0.2, 0.25) is 0 Å². The zero-order valence-corrected chi connectivity index (χ0v) is 19.7. The summed E-state index contributed by atoms with van der Waals surface area (Å²) in [5, 5.41) is 6.52. The number of hydrogen-bond acceptors (Lipinski definition) is 4. The minimum atomic E-state index is 0.0463. The molecule has 4 heteroatoms. The van der Waals surface area contributed by atoms with Gasteiger partial charge in [-0.3, -0.25) is 9.59 Å². The molecule has 0 aliphatic rings. The molecule has 0 bridgehead atoms. The van der Waals surface area contributed by atoms with Crippen molar-refractivity contribution in [3.8, 4) is 0 Å². The molecular formula is C22H48N2O2. The molecule has 2 atom stereocenters.